The second kappa shape index (κ2) is 5.55. The summed E-state index contributed by atoms with van der Waals surface area (Å²) in [6, 6.07) is 5.66. The predicted octanol–water partition coefficient (Wildman–Crippen LogP) is 2.14. The van der Waals surface area contributed by atoms with Gasteiger partial charge in [-0.3, -0.25) is 4.90 Å². The van der Waals surface area contributed by atoms with Crippen molar-refractivity contribution in [2.75, 3.05) is 28.3 Å². The van der Waals surface area contributed by atoms with Gasteiger partial charge in [0.05, 0.1) is 20.3 Å². The van der Waals surface area contributed by atoms with Gasteiger partial charge in [0.2, 0.25) is 0 Å². The molecule has 0 aliphatic heterocycles. The van der Waals surface area contributed by atoms with E-state index in [1.54, 1.807) is 20.3 Å². The van der Waals surface area contributed by atoms with Gasteiger partial charge in [-0.15, -0.1) is 0 Å². The Morgan fingerprint density at radius 3 is 2.29 bits per heavy atom. The molecule has 0 aromatic heterocycles. The van der Waals surface area contributed by atoms with Crippen molar-refractivity contribution in [3.63, 3.8) is 0 Å². The maximum atomic E-state index is 9.24. The molecule has 17 heavy (non-hydrogen) atoms. The zero-order valence-electron chi connectivity index (χ0n) is 10.9. The molecule has 92 valence electrons. The molecule has 4 nitrogen and oxygen atoms in total. The lowest BCUT2D eigenvalue weighted by molar-refractivity contribution is 0.336. The maximum absolute atomic E-state index is 9.24. The Hall–Kier alpha value is -1.73. The van der Waals surface area contributed by atoms with Crippen LogP contribution in [0.5, 0.6) is 11.5 Å². The van der Waals surface area contributed by atoms with Crippen LogP contribution < -0.4 is 9.47 Å². The van der Waals surface area contributed by atoms with Gasteiger partial charge in [0.25, 0.3) is 0 Å². The van der Waals surface area contributed by atoms with E-state index in [0.717, 1.165) is 16.9 Å². The van der Waals surface area contributed by atoms with Gasteiger partial charge in [-0.1, -0.05) is 0 Å². The number of nitriles is 1. The normalized spacial score (nSPS) is 12.1. The number of ether oxygens (including phenoxy) is 2. The average molecular weight is 234 g/mol. The lowest BCUT2D eigenvalue weighted by Crippen LogP contribution is -2.20. The van der Waals surface area contributed by atoms with E-state index in [4.69, 9.17) is 9.47 Å². The van der Waals surface area contributed by atoms with Crippen LogP contribution in [0, 0.1) is 18.3 Å². The van der Waals surface area contributed by atoms with Crippen LogP contribution in [-0.2, 0) is 0 Å². The highest BCUT2D eigenvalue weighted by Gasteiger charge is 2.21. The first-order valence-corrected chi connectivity index (χ1v) is 5.33. The summed E-state index contributed by atoms with van der Waals surface area (Å²) in [6.07, 6.45) is 0. The van der Waals surface area contributed by atoms with Crippen LogP contribution in [-0.4, -0.2) is 33.2 Å². The summed E-state index contributed by atoms with van der Waals surface area (Å²) in [5.41, 5.74) is 1.88. The van der Waals surface area contributed by atoms with Crippen molar-refractivity contribution in [2.45, 2.75) is 13.0 Å². The Bertz CT molecular complexity index is 436. The van der Waals surface area contributed by atoms with Gasteiger partial charge in [-0.05, 0) is 32.6 Å². The van der Waals surface area contributed by atoms with Crippen LogP contribution in [0.15, 0.2) is 12.1 Å². The molecule has 0 aliphatic rings. The molecule has 0 saturated heterocycles. The molecule has 0 bridgehead atoms. The molecule has 0 amide bonds. The number of hydrogen-bond donors (Lipinski definition) is 0. The molecule has 0 radical (unpaired) electrons. The molecule has 0 fully saturated rings. The summed E-state index contributed by atoms with van der Waals surface area (Å²) in [6.45, 7) is 1.95. The first kappa shape index (κ1) is 13.3. The van der Waals surface area contributed by atoms with E-state index in [9.17, 15) is 5.26 Å². The van der Waals surface area contributed by atoms with Gasteiger partial charge in [0.1, 0.15) is 17.5 Å². The first-order valence-electron chi connectivity index (χ1n) is 5.33. The van der Waals surface area contributed by atoms with E-state index in [1.165, 1.54) is 0 Å². The van der Waals surface area contributed by atoms with Crippen molar-refractivity contribution in [3.05, 3.63) is 23.3 Å². The number of rotatable bonds is 4. The predicted molar refractivity (Wildman–Crippen MR) is 66.3 cm³/mol. The molecule has 1 atom stereocenters. The minimum Gasteiger partial charge on any atom is -0.497 e. The smallest absolute Gasteiger partial charge is 0.128 e. The van der Waals surface area contributed by atoms with Crippen LogP contribution in [0.4, 0.5) is 0 Å². The molecule has 1 rings (SSSR count). The molecule has 4 heteroatoms. The molecule has 0 saturated carbocycles. The van der Waals surface area contributed by atoms with Crippen LogP contribution in [0.2, 0.25) is 0 Å². The lowest BCUT2D eigenvalue weighted by Gasteiger charge is -2.22. The van der Waals surface area contributed by atoms with Gasteiger partial charge in [0, 0.05) is 11.6 Å². The van der Waals surface area contributed by atoms with Crippen LogP contribution in [0.1, 0.15) is 17.2 Å². The van der Waals surface area contributed by atoms with Crippen LogP contribution in [0.25, 0.3) is 0 Å². The summed E-state index contributed by atoms with van der Waals surface area (Å²) in [5, 5.41) is 9.24. The van der Waals surface area contributed by atoms with Gasteiger partial charge >= 0.3 is 0 Å². The zero-order chi connectivity index (χ0) is 13.0. The molecule has 0 aliphatic carbocycles. The fourth-order valence-electron chi connectivity index (χ4n) is 1.81. The van der Waals surface area contributed by atoms with E-state index in [1.807, 2.05) is 32.0 Å². The van der Waals surface area contributed by atoms with Crippen molar-refractivity contribution >= 4 is 0 Å². The number of benzene rings is 1. The Morgan fingerprint density at radius 1 is 1.24 bits per heavy atom. The second-order valence-corrected chi connectivity index (χ2v) is 4.06. The Balaban J connectivity index is 3.37. The van der Waals surface area contributed by atoms with E-state index in [-0.39, 0.29) is 6.04 Å². The number of hydrogen-bond acceptors (Lipinski definition) is 4. The SMILES string of the molecule is COc1cc(C)c(C(C#N)N(C)C)c(OC)c1. The summed E-state index contributed by atoms with van der Waals surface area (Å²) in [5.74, 6) is 1.42. The number of nitrogens with zero attached hydrogens (tertiary/aromatic N) is 2. The largest absolute Gasteiger partial charge is 0.497 e. The average Bonchev–Trinajstić information content (AvgIpc) is 2.31. The monoisotopic (exact) mass is 234 g/mol. The molecule has 1 unspecified atom stereocenters. The van der Waals surface area contributed by atoms with E-state index >= 15 is 0 Å². The van der Waals surface area contributed by atoms with Gasteiger partial charge in [0.15, 0.2) is 0 Å². The zero-order valence-corrected chi connectivity index (χ0v) is 10.9. The highest BCUT2D eigenvalue weighted by molar-refractivity contribution is 5.49. The van der Waals surface area contributed by atoms with Crippen molar-refractivity contribution in [2.24, 2.45) is 0 Å². The van der Waals surface area contributed by atoms with Gasteiger partial charge in [-0.2, -0.15) is 5.26 Å². The summed E-state index contributed by atoms with van der Waals surface area (Å²) < 4.78 is 10.5. The third-order valence-electron chi connectivity index (χ3n) is 2.69. The van der Waals surface area contributed by atoms with Crippen molar-refractivity contribution in [3.8, 4) is 17.6 Å². The fraction of sp³-hybridized carbons (Fsp3) is 0.462. The Kier molecular flexibility index (Phi) is 4.36. The van der Waals surface area contributed by atoms with E-state index in [0.29, 0.717) is 5.75 Å². The van der Waals surface area contributed by atoms with E-state index in [2.05, 4.69) is 6.07 Å². The molecule has 1 aromatic rings. The standard InChI is InChI=1S/C13H18N2O2/c1-9-6-10(16-4)7-12(17-5)13(9)11(8-14)15(2)3/h6-7,11H,1-5H3. The highest BCUT2D eigenvalue weighted by Crippen LogP contribution is 2.34. The van der Waals surface area contributed by atoms with Crippen LogP contribution >= 0.6 is 0 Å². The molecule has 0 spiro atoms. The highest BCUT2D eigenvalue weighted by atomic mass is 16.5. The third-order valence-corrected chi connectivity index (χ3v) is 2.69. The third kappa shape index (κ3) is 2.69. The van der Waals surface area contributed by atoms with Gasteiger partial charge < -0.3 is 9.47 Å². The topological polar surface area (TPSA) is 45.5 Å². The molecular formula is C13H18N2O2. The van der Waals surface area contributed by atoms with Crippen LogP contribution in [0.3, 0.4) is 0 Å². The summed E-state index contributed by atoms with van der Waals surface area (Å²) >= 11 is 0. The Labute approximate surface area is 102 Å². The molecule has 0 N–H and O–H groups in total. The number of aryl methyl sites for hydroxylation is 1. The van der Waals surface area contributed by atoms with Crippen molar-refractivity contribution in [1.82, 2.24) is 4.90 Å². The minimum atomic E-state index is -0.323. The maximum Gasteiger partial charge on any atom is 0.128 e. The van der Waals surface area contributed by atoms with Crippen molar-refractivity contribution < 1.29 is 9.47 Å². The summed E-state index contributed by atoms with van der Waals surface area (Å²) in [7, 11) is 6.96. The first-order chi connectivity index (χ1) is 8.04. The Morgan fingerprint density at radius 2 is 1.88 bits per heavy atom. The lowest BCUT2D eigenvalue weighted by atomic mass is 9.99. The van der Waals surface area contributed by atoms with E-state index < -0.39 is 0 Å². The molecular weight excluding hydrogens is 216 g/mol. The quantitative estimate of drug-likeness (QED) is 0.800. The molecule has 1 aromatic carbocycles. The van der Waals surface area contributed by atoms with Crippen molar-refractivity contribution in [1.29, 1.82) is 5.26 Å². The second-order valence-electron chi connectivity index (χ2n) is 4.06. The molecule has 0 heterocycles. The van der Waals surface area contributed by atoms with Gasteiger partial charge in [-0.25, -0.2) is 0 Å². The fourth-order valence-corrected chi connectivity index (χ4v) is 1.81. The minimum absolute atomic E-state index is 0.323. The number of methoxy groups -OCH3 is 2. The summed E-state index contributed by atoms with van der Waals surface area (Å²) in [4.78, 5) is 1.86.